The Morgan fingerprint density at radius 1 is 1.29 bits per heavy atom. The highest BCUT2D eigenvalue weighted by molar-refractivity contribution is 5.70. The lowest BCUT2D eigenvalue weighted by atomic mass is 9.81. The number of aliphatic carboxylic acids is 1. The van der Waals surface area contributed by atoms with Crippen molar-refractivity contribution in [2.75, 3.05) is 0 Å². The molecule has 1 aliphatic carbocycles. The molecule has 90 valence electrons. The van der Waals surface area contributed by atoms with Gasteiger partial charge in [0.05, 0.1) is 12.0 Å². The van der Waals surface area contributed by atoms with E-state index in [0.717, 1.165) is 5.56 Å². The fraction of sp³-hybridized carbons (Fsp3) is 0.357. The number of hydrogen-bond acceptors (Lipinski definition) is 2. The largest absolute Gasteiger partial charge is 0.481 e. The zero-order valence-corrected chi connectivity index (χ0v) is 9.49. The van der Waals surface area contributed by atoms with Crippen LogP contribution in [-0.4, -0.2) is 16.2 Å². The topological polar surface area (TPSA) is 57.5 Å². The average Bonchev–Trinajstić information content (AvgIpc) is 2.39. The molecule has 3 nitrogen and oxygen atoms in total. The number of rotatable bonds is 3. The van der Waals surface area contributed by atoms with Crippen molar-refractivity contribution in [3.05, 3.63) is 48.0 Å². The highest BCUT2D eigenvalue weighted by Crippen LogP contribution is 2.33. The normalized spacial score (nSPS) is 25.5. The molecule has 1 aromatic carbocycles. The van der Waals surface area contributed by atoms with Crippen LogP contribution in [0, 0.1) is 11.8 Å². The van der Waals surface area contributed by atoms with Crippen molar-refractivity contribution >= 4 is 5.97 Å². The Morgan fingerprint density at radius 2 is 2.00 bits per heavy atom. The molecule has 0 bridgehead atoms. The van der Waals surface area contributed by atoms with E-state index in [-0.39, 0.29) is 11.8 Å². The van der Waals surface area contributed by atoms with Crippen LogP contribution >= 0.6 is 0 Å². The fourth-order valence-corrected chi connectivity index (χ4v) is 2.25. The summed E-state index contributed by atoms with van der Waals surface area (Å²) in [4.78, 5) is 10.9. The van der Waals surface area contributed by atoms with Crippen molar-refractivity contribution in [3.8, 4) is 0 Å². The van der Waals surface area contributed by atoms with E-state index in [9.17, 15) is 9.90 Å². The Kier molecular flexibility index (Phi) is 3.59. The molecule has 3 atom stereocenters. The van der Waals surface area contributed by atoms with Gasteiger partial charge in [0.15, 0.2) is 0 Å². The van der Waals surface area contributed by atoms with Gasteiger partial charge in [0.1, 0.15) is 0 Å². The predicted molar refractivity (Wildman–Crippen MR) is 64.4 cm³/mol. The molecule has 2 rings (SSSR count). The van der Waals surface area contributed by atoms with Crippen LogP contribution in [0.15, 0.2) is 42.5 Å². The molecule has 1 aliphatic rings. The molecule has 0 radical (unpaired) electrons. The van der Waals surface area contributed by atoms with Crippen LogP contribution in [0.2, 0.25) is 0 Å². The van der Waals surface area contributed by atoms with E-state index in [1.54, 1.807) is 0 Å². The van der Waals surface area contributed by atoms with Gasteiger partial charge >= 0.3 is 5.97 Å². The van der Waals surface area contributed by atoms with E-state index < -0.39 is 12.1 Å². The van der Waals surface area contributed by atoms with Gasteiger partial charge in [-0.05, 0) is 18.4 Å². The third kappa shape index (κ3) is 2.74. The molecule has 0 saturated heterocycles. The number of carboxylic acid groups (broad SMARTS) is 1. The number of hydrogen-bond donors (Lipinski definition) is 2. The molecule has 0 fully saturated rings. The van der Waals surface area contributed by atoms with Crippen LogP contribution < -0.4 is 0 Å². The van der Waals surface area contributed by atoms with Crippen molar-refractivity contribution in [2.24, 2.45) is 11.8 Å². The summed E-state index contributed by atoms with van der Waals surface area (Å²) in [6, 6.07) is 9.37. The molecule has 17 heavy (non-hydrogen) atoms. The molecular formula is C14H16O3. The van der Waals surface area contributed by atoms with Crippen molar-refractivity contribution < 1.29 is 15.0 Å². The van der Waals surface area contributed by atoms with Gasteiger partial charge in [-0.3, -0.25) is 4.79 Å². The molecule has 3 heteroatoms. The van der Waals surface area contributed by atoms with Crippen LogP contribution in [0.3, 0.4) is 0 Å². The van der Waals surface area contributed by atoms with E-state index in [4.69, 9.17) is 5.11 Å². The molecule has 0 spiro atoms. The average molecular weight is 232 g/mol. The van der Waals surface area contributed by atoms with Crippen LogP contribution in [0.5, 0.6) is 0 Å². The lowest BCUT2D eigenvalue weighted by Gasteiger charge is -2.26. The third-order valence-corrected chi connectivity index (χ3v) is 3.26. The third-order valence-electron chi connectivity index (χ3n) is 3.26. The Hall–Kier alpha value is -1.61. The van der Waals surface area contributed by atoms with Gasteiger partial charge in [-0.15, -0.1) is 0 Å². The molecule has 0 aromatic heterocycles. The monoisotopic (exact) mass is 232 g/mol. The lowest BCUT2D eigenvalue weighted by Crippen LogP contribution is -2.23. The molecule has 0 heterocycles. The Bertz CT molecular complexity index is 411. The first-order chi connectivity index (χ1) is 8.18. The second-order valence-corrected chi connectivity index (χ2v) is 4.45. The minimum atomic E-state index is -0.778. The second-order valence-electron chi connectivity index (χ2n) is 4.45. The van der Waals surface area contributed by atoms with E-state index in [1.165, 1.54) is 0 Å². The molecule has 0 aliphatic heterocycles. The first-order valence-corrected chi connectivity index (χ1v) is 5.81. The second kappa shape index (κ2) is 5.15. The summed E-state index contributed by atoms with van der Waals surface area (Å²) in [5.74, 6) is -1.25. The molecule has 0 amide bonds. The van der Waals surface area contributed by atoms with Crippen LogP contribution in [0.4, 0.5) is 0 Å². The summed E-state index contributed by atoms with van der Waals surface area (Å²) in [5, 5.41) is 19.2. The summed E-state index contributed by atoms with van der Waals surface area (Å²) in [7, 11) is 0. The summed E-state index contributed by atoms with van der Waals surface area (Å²) in [6.07, 6.45) is 4.24. The zero-order valence-electron chi connectivity index (χ0n) is 9.49. The number of aliphatic hydroxyl groups excluding tert-OH is 1. The quantitative estimate of drug-likeness (QED) is 0.787. The van der Waals surface area contributed by atoms with Crippen LogP contribution in [0.1, 0.15) is 24.5 Å². The van der Waals surface area contributed by atoms with E-state index in [1.807, 2.05) is 42.5 Å². The highest BCUT2D eigenvalue weighted by Gasteiger charge is 2.28. The number of carbonyl (C=O) groups is 1. The van der Waals surface area contributed by atoms with Crippen LogP contribution in [-0.2, 0) is 4.79 Å². The highest BCUT2D eigenvalue weighted by atomic mass is 16.4. The smallest absolute Gasteiger partial charge is 0.306 e. The van der Waals surface area contributed by atoms with Gasteiger partial charge in [0.2, 0.25) is 0 Å². The summed E-state index contributed by atoms with van der Waals surface area (Å²) in [6.45, 7) is 0. The Morgan fingerprint density at radius 3 is 2.65 bits per heavy atom. The molecule has 0 unspecified atom stereocenters. The van der Waals surface area contributed by atoms with Crippen molar-refractivity contribution in [2.45, 2.75) is 18.9 Å². The molecule has 0 saturated carbocycles. The van der Waals surface area contributed by atoms with Gasteiger partial charge in [-0.25, -0.2) is 0 Å². The molecule has 2 N–H and O–H groups in total. The number of allylic oxidation sites excluding steroid dienone is 1. The van der Waals surface area contributed by atoms with Gasteiger partial charge in [-0.1, -0.05) is 42.5 Å². The zero-order chi connectivity index (χ0) is 12.3. The lowest BCUT2D eigenvalue weighted by molar-refractivity contribution is -0.142. The number of aliphatic hydroxyl groups is 1. The SMILES string of the molecule is O=C(O)[C@@H]1CC=C[C@@H]([C@@H](O)c2ccccc2)C1. The minimum absolute atomic E-state index is 0.104. The predicted octanol–water partition coefficient (Wildman–Crippen LogP) is 2.39. The Balaban J connectivity index is 2.10. The minimum Gasteiger partial charge on any atom is -0.481 e. The number of carboxylic acids is 1. The van der Waals surface area contributed by atoms with E-state index in [2.05, 4.69) is 0 Å². The fourth-order valence-electron chi connectivity index (χ4n) is 2.25. The van der Waals surface area contributed by atoms with Gasteiger partial charge in [-0.2, -0.15) is 0 Å². The van der Waals surface area contributed by atoms with E-state index in [0.29, 0.717) is 12.8 Å². The Labute approximate surface area is 100 Å². The molecular weight excluding hydrogens is 216 g/mol. The summed E-state index contributed by atoms with van der Waals surface area (Å²) in [5.41, 5.74) is 0.841. The first kappa shape index (κ1) is 11.9. The maximum atomic E-state index is 10.9. The maximum absolute atomic E-state index is 10.9. The van der Waals surface area contributed by atoms with Crippen LogP contribution in [0.25, 0.3) is 0 Å². The standard InChI is InChI=1S/C14H16O3/c15-13(10-5-2-1-3-6-10)11-7-4-8-12(9-11)14(16)17/h1-7,11-13,15H,8-9H2,(H,16,17)/t11-,12-,13+/m1/s1. The van der Waals surface area contributed by atoms with Gasteiger partial charge < -0.3 is 10.2 Å². The molecule has 1 aromatic rings. The summed E-state index contributed by atoms with van der Waals surface area (Å²) < 4.78 is 0. The maximum Gasteiger partial charge on any atom is 0.306 e. The first-order valence-electron chi connectivity index (χ1n) is 5.81. The number of benzene rings is 1. The summed E-state index contributed by atoms with van der Waals surface area (Å²) >= 11 is 0. The van der Waals surface area contributed by atoms with Crippen molar-refractivity contribution in [1.29, 1.82) is 0 Å². The van der Waals surface area contributed by atoms with Crippen molar-refractivity contribution in [3.63, 3.8) is 0 Å². The van der Waals surface area contributed by atoms with Gasteiger partial charge in [0, 0.05) is 5.92 Å². The van der Waals surface area contributed by atoms with Gasteiger partial charge in [0.25, 0.3) is 0 Å². The van der Waals surface area contributed by atoms with E-state index >= 15 is 0 Å². The van der Waals surface area contributed by atoms with Crippen molar-refractivity contribution in [1.82, 2.24) is 0 Å².